The molecule has 1 N–H and O–H groups in total. The van der Waals surface area contributed by atoms with E-state index in [0.29, 0.717) is 30.6 Å². The molecule has 128 valence electrons. The number of unbranched alkanes of at least 4 members (excludes halogenated alkanes) is 2. The molecular formula is C20H19NO4. The number of hydrogen-bond acceptors (Lipinski definition) is 4. The van der Waals surface area contributed by atoms with Gasteiger partial charge in [-0.2, -0.15) is 5.26 Å². The van der Waals surface area contributed by atoms with Crippen LogP contribution in [0.2, 0.25) is 0 Å². The van der Waals surface area contributed by atoms with Crippen molar-refractivity contribution in [1.29, 1.82) is 5.26 Å². The van der Waals surface area contributed by atoms with E-state index in [4.69, 9.17) is 15.1 Å². The van der Waals surface area contributed by atoms with Gasteiger partial charge in [-0.25, -0.2) is 0 Å². The first-order valence-corrected chi connectivity index (χ1v) is 8.11. The number of aliphatic carboxylic acids is 1. The molecule has 0 amide bonds. The van der Waals surface area contributed by atoms with Gasteiger partial charge in [0.05, 0.1) is 11.6 Å². The number of ether oxygens (including phenoxy) is 1. The summed E-state index contributed by atoms with van der Waals surface area (Å²) in [7, 11) is 0. The van der Waals surface area contributed by atoms with Gasteiger partial charge < -0.3 is 9.84 Å². The molecule has 0 saturated carbocycles. The standard InChI is InChI=1S/C20H19NO4/c21-14-15-6-8-16(9-7-15)17-10-12-18(13-11-17)25-20(24)5-3-1-2-4-19(22)23/h6-13H,1-5H2,(H,22,23). The third-order valence-corrected chi connectivity index (χ3v) is 3.70. The molecule has 0 aliphatic carbocycles. The lowest BCUT2D eigenvalue weighted by molar-refractivity contribution is -0.137. The number of nitrogens with zero attached hydrogens (tertiary/aromatic N) is 1. The summed E-state index contributed by atoms with van der Waals surface area (Å²) in [5, 5.41) is 17.4. The van der Waals surface area contributed by atoms with Crippen molar-refractivity contribution >= 4 is 11.9 Å². The van der Waals surface area contributed by atoms with Gasteiger partial charge in [-0.1, -0.05) is 30.7 Å². The summed E-state index contributed by atoms with van der Waals surface area (Å²) < 4.78 is 5.27. The molecule has 0 atom stereocenters. The van der Waals surface area contributed by atoms with Crippen molar-refractivity contribution in [3.8, 4) is 22.9 Å². The zero-order valence-electron chi connectivity index (χ0n) is 13.8. The first kappa shape index (κ1) is 18.2. The van der Waals surface area contributed by atoms with Crippen LogP contribution in [0.3, 0.4) is 0 Å². The van der Waals surface area contributed by atoms with Crippen LogP contribution in [0, 0.1) is 11.3 Å². The number of hydrogen-bond donors (Lipinski definition) is 1. The molecular weight excluding hydrogens is 318 g/mol. The molecule has 2 aromatic carbocycles. The summed E-state index contributed by atoms with van der Waals surface area (Å²) in [6.07, 6.45) is 2.29. The number of rotatable bonds is 8. The van der Waals surface area contributed by atoms with Gasteiger partial charge in [-0.05, 0) is 48.2 Å². The molecule has 0 aliphatic rings. The number of esters is 1. The summed E-state index contributed by atoms with van der Waals surface area (Å²) in [6, 6.07) is 16.5. The lowest BCUT2D eigenvalue weighted by Crippen LogP contribution is -2.07. The van der Waals surface area contributed by atoms with Gasteiger partial charge in [0.25, 0.3) is 0 Å². The molecule has 2 rings (SSSR count). The highest BCUT2D eigenvalue weighted by atomic mass is 16.5. The third-order valence-electron chi connectivity index (χ3n) is 3.70. The molecule has 2 aromatic rings. The van der Waals surface area contributed by atoms with Crippen LogP contribution in [-0.4, -0.2) is 17.0 Å². The van der Waals surface area contributed by atoms with Crippen LogP contribution < -0.4 is 4.74 Å². The summed E-state index contributed by atoms with van der Waals surface area (Å²) in [5.41, 5.74) is 2.56. The maximum atomic E-state index is 11.8. The van der Waals surface area contributed by atoms with E-state index >= 15 is 0 Å². The Morgan fingerprint density at radius 1 is 0.880 bits per heavy atom. The van der Waals surface area contributed by atoms with E-state index in [2.05, 4.69) is 6.07 Å². The molecule has 0 spiro atoms. The van der Waals surface area contributed by atoms with Crippen LogP contribution in [0.5, 0.6) is 5.75 Å². The van der Waals surface area contributed by atoms with Crippen LogP contribution in [0.1, 0.15) is 37.7 Å². The van der Waals surface area contributed by atoms with Crippen LogP contribution in [0.25, 0.3) is 11.1 Å². The minimum atomic E-state index is -0.815. The number of nitriles is 1. The predicted molar refractivity (Wildman–Crippen MR) is 92.9 cm³/mol. The Kier molecular flexibility index (Phi) is 6.73. The lowest BCUT2D eigenvalue weighted by atomic mass is 10.0. The van der Waals surface area contributed by atoms with Crippen LogP contribution in [0.15, 0.2) is 48.5 Å². The molecule has 0 fully saturated rings. The highest BCUT2D eigenvalue weighted by molar-refractivity contribution is 5.73. The number of carbonyl (C=O) groups excluding carboxylic acids is 1. The Morgan fingerprint density at radius 2 is 1.44 bits per heavy atom. The van der Waals surface area contributed by atoms with Crippen LogP contribution >= 0.6 is 0 Å². The van der Waals surface area contributed by atoms with E-state index in [1.54, 1.807) is 24.3 Å². The molecule has 25 heavy (non-hydrogen) atoms. The van der Waals surface area contributed by atoms with Crippen molar-refractivity contribution in [2.24, 2.45) is 0 Å². The van der Waals surface area contributed by atoms with Gasteiger partial charge in [0.1, 0.15) is 5.75 Å². The van der Waals surface area contributed by atoms with Crippen LogP contribution in [-0.2, 0) is 9.59 Å². The van der Waals surface area contributed by atoms with Gasteiger partial charge in [-0.3, -0.25) is 9.59 Å². The largest absolute Gasteiger partial charge is 0.481 e. The fourth-order valence-electron chi connectivity index (χ4n) is 2.36. The Bertz CT molecular complexity index is 758. The quantitative estimate of drug-likeness (QED) is 0.444. The molecule has 0 heterocycles. The van der Waals surface area contributed by atoms with E-state index in [9.17, 15) is 9.59 Å². The Morgan fingerprint density at radius 3 is 2.00 bits per heavy atom. The monoisotopic (exact) mass is 337 g/mol. The average molecular weight is 337 g/mol. The molecule has 5 nitrogen and oxygen atoms in total. The maximum Gasteiger partial charge on any atom is 0.311 e. The first-order valence-electron chi connectivity index (χ1n) is 8.11. The number of benzene rings is 2. The van der Waals surface area contributed by atoms with E-state index in [-0.39, 0.29) is 18.8 Å². The Labute approximate surface area is 146 Å². The minimum Gasteiger partial charge on any atom is -0.481 e. The van der Waals surface area contributed by atoms with Crippen molar-refractivity contribution in [2.75, 3.05) is 0 Å². The van der Waals surface area contributed by atoms with Gasteiger partial charge in [0, 0.05) is 12.8 Å². The fraction of sp³-hybridized carbons (Fsp3) is 0.250. The molecule has 0 radical (unpaired) electrons. The fourth-order valence-corrected chi connectivity index (χ4v) is 2.36. The second-order valence-electron chi connectivity index (χ2n) is 5.64. The molecule has 0 aromatic heterocycles. The van der Waals surface area contributed by atoms with E-state index in [1.165, 1.54) is 0 Å². The summed E-state index contributed by atoms with van der Waals surface area (Å²) in [5.74, 6) is -0.653. The van der Waals surface area contributed by atoms with Crippen LogP contribution in [0.4, 0.5) is 0 Å². The topological polar surface area (TPSA) is 87.4 Å². The summed E-state index contributed by atoms with van der Waals surface area (Å²) in [6.45, 7) is 0. The van der Waals surface area contributed by atoms with Crippen molar-refractivity contribution < 1.29 is 19.4 Å². The first-order chi connectivity index (χ1) is 12.1. The van der Waals surface area contributed by atoms with Crippen molar-refractivity contribution in [1.82, 2.24) is 0 Å². The third kappa shape index (κ3) is 6.11. The van der Waals surface area contributed by atoms with E-state index in [1.807, 2.05) is 24.3 Å². The lowest BCUT2D eigenvalue weighted by Gasteiger charge is -2.06. The smallest absolute Gasteiger partial charge is 0.311 e. The molecule has 0 unspecified atom stereocenters. The van der Waals surface area contributed by atoms with Gasteiger partial charge in [-0.15, -0.1) is 0 Å². The Hall–Kier alpha value is -3.13. The molecule has 0 bridgehead atoms. The second-order valence-corrected chi connectivity index (χ2v) is 5.64. The maximum absolute atomic E-state index is 11.8. The van der Waals surface area contributed by atoms with Crippen molar-refractivity contribution in [3.05, 3.63) is 54.1 Å². The Balaban J connectivity index is 1.82. The SMILES string of the molecule is N#Cc1ccc(-c2ccc(OC(=O)CCCCCC(=O)O)cc2)cc1. The summed E-state index contributed by atoms with van der Waals surface area (Å²) in [4.78, 5) is 22.2. The second kappa shape index (κ2) is 9.24. The molecule has 5 heteroatoms. The normalized spacial score (nSPS) is 10.0. The van der Waals surface area contributed by atoms with Gasteiger partial charge >= 0.3 is 11.9 Å². The van der Waals surface area contributed by atoms with Gasteiger partial charge in [0.15, 0.2) is 0 Å². The van der Waals surface area contributed by atoms with E-state index < -0.39 is 5.97 Å². The van der Waals surface area contributed by atoms with Crippen molar-refractivity contribution in [3.63, 3.8) is 0 Å². The molecule has 0 saturated heterocycles. The zero-order valence-corrected chi connectivity index (χ0v) is 13.8. The molecule has 0 aliphatic heterocycles. The zero-order chi connectivity index (χ0) is 18.1. The number of carboxylic acid groups (broad SMARTS) is 1. The predicted octanol–water partition coefficient (Wildman–Crippen LogP) is 4.17. The highest BCUT2D eigenvalue weighted by Gasteiger charge is 2.06. The number of carboxylic acids is 1. The summed E-state index contributed by atoms with van der Waals surface area (Å²) >= 11 is 0. The highest BCUT2D eigenvalue weighted by Crippen LogP contribution is 2.23. The average Bonchev–Trinajstić information content (AvgIpc) is 2.62. The van der Waals surface area contributed by atoms with Gasteiger partial charge in [0.2, 0.25) is 0 Å². The van der Waals surface area contributed by atoms with E-state index in [0.717, 1.165) is 11.1 Å². The van der Waals surface area contributed by atoms with Crippen molar-refractivity contribution in [2.45, 2.75) is 32.1 Å². The minimum absolute atomic E-state index is 0.131. The number of carbonyl (C=O) groups is 2.